The monoisotopic (exact) mass is 390 g/mol. The maximum atomic E-state index is 14.7. The van der Waals surface area contributed by atoms with Crippen molar-refractivity contribution in [2.24, 2.45) is 10.9 Å². The van der Waals surface area contributed by atoms with E-state index >= 15 is 0 Å². The van der Waals surface area contributed by atoms with Crippen molar-refractivity contribution in [3.63, 3.8) is 0 Å². The zero-order chi connectivity index (χ0) is 19.2. The van der Waals surface area contributed by atoms with Gasteiger partial charge in [-0.3, -0.25) is 3.97 Å². The summed E-state index contributed by atoms with van der Waals surface area (Å²) >= 11 is -0.139. The molecule has 0 saturated heterocycles. The summed E-state index contributed by atoms with van der Waals surface area (Å²) in [6.07, 6.45) is 3.69. The quantitative estimate of drug-likeness (QED) is 0.273. The van der Waals surface area contributed by atoms with Gasteiger partial charge in [0.05, 0.1) is 16.7 Å². The fourth-order valence-electron chi connectivity index (χ4n) is 3.33. The molecule has 0 spiro atoms. The van der Waals surface area contributed by atoms with E-state index in [1.54, 1.807) is 24.3 Å². The number of nitrogens with zero attached hydrogens (tertiary/aromatic N) is 3. The standard InChI is InChI=1S/C18H16F2N4O2S/c19-13-8-14-16(12(17(21)23-26)9-24(14)27-20)22-15(13)10-2-4-11(5-3-10)18(25)6-1-7-18/h2-5,8-9,25-26H,1,6-7H2,(H2,21,23). The zero-order valence-electron chi connectivity index (χ0n) is 14.1. The number of rotatable bonds is 4. The average molecular weight is 390 g/mol. The molecule has 3 aromatic rings. The van der Waals surface area contributed by atoms with E-state index in [1.807, 2.05) is 0 Å². The van der Waals surface area contributed by atoms with E-state index in [0.29, 0.717) is 18.4 Å². The van der Waals surface area contributed by atoms with Gasteiger partial charge in [-0.2, -0.15) is 0 Å². The largest absolute Gasteiger partial charge is 0.409 e. The van der Waals surface area contributed by atoms with E-state index < -0.39 is 11.4 Å². The molecule has 0 unspecified atom stereocenters. The fourth-order valence-corrected chi connectivity index (χ4v) is 3.69. The Labute approximate surface area is 157 Å². The first kappa shape index (κ1) is 17.7. The first-order valence-electron chi connectivity index (χ1n) is 8.29. The van der Waals surface area contributed by atoms with E-state index in [9.17, 15) is 13.4 Å². The predicted octanol–water partition coefficient (Wildman–Crippen LogP) is 3.69. The molecule has 0 aliphatic heterocycles. The van der Waals surface area contributed by atoms with Crippen LogP contribution >= 0.6 is 12.3 Å². The third kappa shape index (κ3) is 2.83. The van der Waals surface area contributed by atoms with E-state index in [2.05, 4.69) is 10.1 Å². The number of aromatic nitrogens is 2. The number of nitrogens with two attached hydrogens (primary N) is 1. The SMILES string of the molecule is N/C(=N\O)c1cn(SF)c2cc(F)c(-c3ccc(C4(O)CCC4)cc3)nc12. The second-order valence-electron chi connectivity index (χ2n) is 6.57. The van der Waals surface area contributed by atoms with Crippen molar-refractivity contribution >= 4 is 29.2 Å². The topological polar surface area (TPSA) is 96.7 Å². The molecule has 140 valence electrons. The Kier molecular flexibility index (Phi) is 4.27. The number of amidine groups is 1. The van der Waals surface area contributed by atoms with Gasteiger partial charge in [0, 0.05) is 17.8 Å². The molecule has 27 heavy (non-hydrogen) atoms. The molecule has 6 nitrogen and oxygen atoms in total. The molecule has 0 atom stereocenters. The van der Waals surface area contributed by atoms with Crippen LogP contribution in [0.2, 0.25) is 0 Å². The molecule has 1 aliphatic rings. The van der Waals surface area contributed by atoms with Crippen molar-refractivity contribution in [2.45, 2.75) is 24.9 Å². The Morgan fingerprint density at radius 3 is 2.56 bits per heavy atom. The van der Waals surface area contributed by atoms with Crippen molar-refractivity contribution in [3.05, 3.63) is 53.5 Å². The van der Waals surface area contributed by atoms with E-state index in [-0.39, 0.29) is 40.5 Å². The third-order valence-electron chi connectivity index (χ3n) is 5.03. The lowest BCUT2D eigenvalue weighted by molar-refractivity contribution is -0.0387. The van der Waals surface area contributed by atoms with Gasteiger partial charge in [-0.1, -0.05) is 29.4 Å². The Morgan fingerprint density at radius 1 is 1.30 bits per heavy atom. The van der Waals surface area contributed by atoms with E-state index in [0.717, 1.165) is 22.0 Å². The number of aliphatic hydroxyl groups is 1. The molecule has 1 fully saturated rings. The molecular formula is C18H16F2N4O2S. The van der Waals surface area contributed by atoms with Crippen molar-refractivity contribution in [1.29, 1.82) is 0 Å². The summed E-state index contributed by atoms with van der Waals surface area (Å²) in [4.78, 5) is 4.30. The molecule has 0 amide bonds. The number of oxime groups is 1. The molecule has 1 aliphatic carbocycles. The molecule has 1 saturated carbocycles. The number of hydrogen-bond donors (Lipinski definition) is 3. The highest BCUT2D eigenvalue weighted by Gasteiger charge is 2.36. The molecule has 0 bridgehead atoms. The van der Waals surface area contributed by atoms with Gasteiger partial charge in [0.2, 0.25) is 0 Å². The van der Waals surface area contributed by atoms with Crippen molar-refractivity contribution < 1.29 is 18.6 Å². The maximum Gasteiger partial charge on any atom is 0.173 e. The average Bonchev–Trinajstić information content (AvgIpc) is 3.02. The molecule has 9 heteroatoms. The van der Waals surface area contributed by atoms with Crippen LogP contribution in [0.1, 0.15) is 30.4 Å². The minimum atomic E-state index is -0.802. The van der Waals surface area contributed by atoms with Crippen molar-refractivity contribution in [1.82, 2.24) is 8.96 Å². The fraction of sp³-hybridized carbons (Fsp3) is 0.222. The Hall–Kier alpha value is -2.65. The van der Waals surface area contributed by atoms with Gasteiger partial charge in [0.25, 0.3) is 0 Å². The maximum absolute atomic E-state index is 14.7. The summed E-state index contributed by atoms with van der Waals surface area (Å²) in [5, 5.41) is 22.3. The molecule has 1 aromatic carbocycles. The summed E-state index contributed by atoms with van der Waals surface area (Å²) in [5.74, 6) is -0.877. The Balaban J connectivity index is 1.83. The van der Waals surface area contributed by atoms with Crippen molar-refractivity contribution in [2.75, 3.05) is 0 Å². The van der Waals surface area contributed by atoms with Gasteiger partial charge in [-0.25, -0.2) is 9.37 Å². The summed E-state index contributed by atoms with van der Waals surface area (Å²) in [6, 6.07) is 8.05. The van der Waals surface area contributed by atoms with Gasteiger partial charge < -0.3 is 16.0 Å². The second kappa shape index (κ2) is 6.50. The summed E-state index contributed by atoms with van der Waals surface area (Å²) in [5.41, 5.74) is 6.77. The first-order chi connectivity index (χ1) is 13.0. The normalized spacial score (nSPS) is 16.5. The molecule has 2 aromatic heterocycles. The second-order valence-corrected chi connectivity index (χ2v) is 7.10. The van der Waals surface area contributed by atoms with Crippen molar-refractivity contribution in [3.8, 4) is 11.3 Å². The lowest BCUT2D eigenvalue weighted by Gasteiger charge is -2.37. The number of pyridine rings is 1. The number of hydrogen-bond acceptors (Lipinski definition) is 5. The Bertz CT molecular complexity index is 1050. The van der Waals surface area contributed by atoms with Crippen LogP contribution in [0.15, 0.2) is 41.7 Å². The minimum Gasteiger partial charge on any atom is -0.409 e. The van der Waals surface area contributed by atoms with Gasteiger partial charge >= 0.3 is 0 Å². The summed E-state index contributed by atoms with van der Waals surface area (Å²) in [7, 11) is 0. The first-order valence-corrected chi connectivity index (χ1v) is 8.96. The highest BCUT2D eigenvalue weighted by Crippen LogP contribution is 2.41. The van der Waals surface area contributed by atoms with Gasteiger partial charge in [-0.15, -0.1) is 3.89 Å². The highest BCUT2D eigenvalue weighted by atomic mass is 32.2. The number of halogens is 2. The molecule has 2 heterocycles. The molecule has 0 radical (unpaired) electrons. The van der Waals surface area contributed by atoms with Gasteiger partial charge in [-0.05, 0) is 24.8 Å². The van der Waals surface area contributed by atoms with Crippen LogP contribution in [0.5, 0.6) is 0 Å². The van der Waals surface area contributed by atoms with Gasteiger partial charge in [0.15, 0.2) is 24.0 Å². The summed E-state index contributed by atoms with van der Waals surface area (Å²) < 4.78 is 28.9. The van der Waals surface area contributed by atoms with E-state index in [1.165, 1.54) is 6.20 Å². The van der Waals surface area contributed by atoms with Crippen LogP contribution in [-0.2, 0) is 5.60 Å². The van der Waals surface area contributed by atoms with E-state index in [4.69, 9.17) is 10.9 Å². The van der Waals surface area contributed by atoms with Crippen LogP contribution in [0.4, 0.5) is 8.28 Å². The minimum absolute atomic E-state index is 0.0586. The Morgan fingerprint density at radius 2 is 2.00 bits per heavy atom. The van der Waals surface area contributed by atoms with Crippen LogP contribution < -0.4 is 5.73 Å². The molecule has 4 rings (SSSR count). The van der Waals surface area contributed by atoms with Gasteiger partial charge in [0.1, 0.15) is 11.2 Å². The summed E-state index contributed by atoms with van der Waals surface area (Å²) in [6.45, 7) is 0. The zero-order valence-corrected chi connectivity index (χ0v) is 14.9. The number of fused-ring (bicyclic) bond motifs is 1. The molecule has 4 N–H and O–H groups in total. The van der Waals surface area contributed by atoms with Crippen LogP contribution in [-0.4, -0.2) is 25.1 Å². The highest BCUT2D eigenvalue weighted by molar-refractivity contribution is 7.92. The number of benzene rings is 1. The third-order valence-corrected chi connectivity index (χ3v) is 5.48. The smallest absolute Gasteiger partial charge is 0.173 e. The molecular weight excluding hydrogens is 374 g/mol. The van der Waals surface area contributed by atoms with Crippen LogP contribution in [0, 0.1) is 5.82 Å². The lowest BCUT2D eigenvalue weighted by Crippen LogP contribution is -2.33. The predicted molar refractivity (Wildman–Crippen MR) is 99.5 cm³/mol. The van der Waals surface area contributed by atoms with Crippen LogP contribution in [0.3, 0.4) is 0 Å². The van der Waals surface area contributed by atoms with Crippen LogP contribution in [0.25, 0.3) is 22.3 Å². The lowest BCUT2D eigenvalue weighted by atomic mass is 9.75.